The van der Waals surface area contributed by atoms with Crippen LogP contribution in [0.4, 0.5) is 0 Å². The number of hydrogen-bond donors (Lipinski definition) is 0. The lowest BCUT2D eigenvalue weighted by Crippen LogP contribution is -2.29. The Morgan fingerprint density at radius 1 is 0.944 bits per heavy atom. The Kier molecular flexibility index (Phi) is 8.90. The Labute approximate surface area is 109 Å². The van der Waals surface area contributed by atoms with Gasteiger partial charge < -0.3 is 9.80 Å². The summed E-state index contributed by atoms with van der Waals surface area (Å²) in [6.07, 6.45) is 9.03. The second-order valence-corrected chi connectivity index (χ2v) is 3.56. The number of hydrogen-bond acceptors (Lipinski definition) is 2. The Morgan fingerprint density at radius 3 is 2.06 bits per heavy atom. The van der Waals surface area contributed by atoms with Crippen molar-refractivity contribution < 1.29 is 9.59 Å². The van der Waals surface area contributed by atoms with E-state index in [4.69, 9.17) is 0 Å². The Balaban J connectivity index is 4.20. The van der Waals surface area contributed by atoms with Gasteiger partial charge >= 0.3 is 0 Å². The number of amides is 2. The van der Waals surface area contributed by atoms with Crippen LogP contribution in [0.15, 0.2) is 50.1 Å². The van der Waals surface area contributed by atoms with Crippen molar-refractivity contribution in [3.05, 3.63) is 50.1 Å². The third-order valence-corrected chi connectivity index (χ3v) is 2.18. The first kappa shape index (κ1) is 15.9. The zero-order valence-corrected chi connectivity index (χ0v) is 10.6. The normalized spacial score (nSPS) is 9.78. The van der Waals surface area contributed by atoms with Gasteiger partial charge in [0.15, 0.2) is 0 Å². The van der Waals surface area contributed by atoms with E-state index in [1.807, 2.05) is 12.2 Å². The van der Waals surface area contributed by atoms with Gasteiger partial charge in [-0.3, -0.25) is 9.59 Å². The van der Waals surface area contributed by atoms with E-state index in [1.54, 1.807) is 22.0 Å². The van der Waals surface area contributed by atoms with Gasteiger partial charge in [0.05, 0.1) is 0 Å². The molecule has 0 radical (unpaired) electrons. The average molecular weight is 248 g/mol. The quantitative estimate of drug-likeness (QED) is 0.333. The van der Waals surface area contributed by atoms with Crippen LogP contribution in [-0.2, 0) is 9.59 Å². The number of carbonyl (C=O) groups is 2. The van der Waals surface area contributed by atoms with Crippen molar-refractivity contribution in [2.75, 3.05) is 26.2 Å². The second-order valence-electron chi connectivity index (χ2n) is 3.56. The van der Waals surface area contributed by atoms with Crippen molar-refractivity contribution in [3.63, 3.8) is 0 Å². The van der Waals surface area contributed by atoms with Crippen molar-refractivity contribution in [1.29, 1.82) is 0 Å². The van der Waals surface area contributed by atoms with Gasteiger partial charge in [-0.05, 0) is 6.08 Å². The summed E-state index contributed by atoms with van der Waals surface area (Å²) in [7, 11) is 0. The van der Waals surface area contributed by atoms with E-state index in [-0.39, 0.29) is 5.91 Å². The number of nitrogens with zero attached hydrogens (tertiary/aromatic N) is 2. The third-order valence-electron chi connectivity index (χ3n) is 2.18. The van der Waals surface area contributed by atoms with E-state index in [1.165, 1.54) is 6.08 Å². The van der Waals surface area contributed by atoms with Crippen LogP contribution in [0.25, 0.3) is 0 Å². The third kappa shape index (κ3) is 6.48. The molecule has 0 aromatic rings. The molecule has 0 rings (SSSR count). The van der Waals surface area contributed by atoms with Crippen molar-refractivity contribution in [2.45, 2.75) is 0 Å². The molecule has 98 valence electrons. The SMILES string of the molecule is C=CCN(C=O)C/C=C/CN(CC=C)C(=O)C=C. The van der Waals surface area contributed by atoms with Crippen LogP contribution < -0.4 is 0 Å². The lowest BCUT2D eigenvalue weighted by molar-refractivity contribution is -0.125. The van der Waals surface area contributed by atoms with E-state index in [0.717, 1.165) is 6.41 Å². The van der Waals surface area contributed by atoms with Gasteiger partial charge in [-0.15, -0.1) is 13.2 Å². The van der Waals surface area contributed by atoms with Gasteiger partial charge in [-0.25, -0.2) is 0 Å². The van der Waals surface area contributed by atoms with Crippen LogP contribution in [-0.4, -0.2) is 48.3 Å². The van der Waals surface area contributed by atoms with E-state index in [0.29, 0.717) is 26.2 Å². The molecule has 0 aliphatic rings. The smallest absolute Gasteiger partial charge is 0.246 e. The van der Waals surface area contributed by atoms with Crippen LogP contribution in [0.2, 0.25) is 0 Å². The van der Waals surface area contributed by atoms with Gasteiger partial charge in [-0.1, -0.05) is 30.9 Å². The summed E-state index contributed by atoms with van der Waals surface area (Å²) in [4.78, 5) is 25.2. The van der Waals surface area contributed by atoms with Gasteiger partial charge in [0.1, 0.15) is 0 Å². The zero-order valence-electron chi connectivity index (χ0n) is 10.6. The second kappa shape index (κ2) is 10.1. The molecule has 0 saturated carbocycles. The average Bonchev–Trinajstić information content (AvgIpc) is 2.39. The lowest BCUT2D eigenvalue weighted by Gasteiger charge is -2.17. The Bertz CT molecular complexity index is 335. The molecule has 0 saturated heterocycles. The lowest BCUT2D eigenvalue weighted by atomic mass is 10.3. The maximum Gasteiger partial charge on any atom is 0.246 e. The fraction of sp³-hybridized carbons (Fsp3) is 0.286. The molecule has 0 fully saturated rings. The molecule has 0 unspecified atom stereocenters. The molecule has 18 heavy (non-hydrogen) atoms. The summed E-state index contributed by atoms with van der Waals surface area (Å²) in [6, 6.07) is 0. The molecule has 0 heterocycles. The van der Waals surface area contributed by atoms with Crippen molar-refractivity contribution in [1.82, 2.24) is 9.80 Å². The summed E-state index contributed by atoms with van der Waals surface area (Å²) in [6.45, 7) is 12.6. The molecule has 0 atom stereocenters. The van der Waals surface area contributed by atoms with E-state index < -0.39 is 0 Å². The van der Waals surface area contributed by atoms with Crippen LogP contribution in [0.3, 0.4) is 0 Å². The van der Waals surface area contributed by atoms with E-state index in [2.05, 4.69) is 19.7 Å². The van der Waals surface area contributed by atoms with Crippen molar-refractivity contribution >= 4 is 12.3 Å². The standard InChI is InChI=1S/C14H20N2O2/c1-4-9-15(13-17)11-7-8-12-16(10-5-2)14(18)6-3/h4-8,13H,1-3,9-12H2/b8-7+. The first-order valence-electron chi connectivity index (χ1n) is 5.67. The molecule has 0 aliphatic carbocycles. The molecule has 0 bridgehead atoms. The molecular formula is C14H20N2O2. The predicted octanol–water partition coefficient (Wildman–Crippen LogP) is 1.39. The van der Waals surface area contributed by atoms with Gasteiger partial charge in [0, 0.05) is 26.2 Å². The fourth-order valence-electron chi connectivity index (χ4n) is 1.28. The molecule has 2 amide bonds. The minimum atomic E-state index is -0.141. The van der Waals surface area contributed by atoms with E-state index >= 15 is 0 Å². The van der Waals surface area contributed by atoms with Crippen LogP contribution in [0.1, 0.15) is 0 Å². The first-order chi connectivity index (χ1) is 8.69. The molecule has 0 N–H and O–H groups in total. The molecule has 4 nitrogen and oxygen atoms in total. The fourth-order valence-corrected chi connectivity index (χ4v) is 1.28. The van der Waals surface area contributed by atoms with Gasteiger partial charge in [0.2, 0.25) is 12.3 Å². The monoisotopic (exact) mass is 248 g/mol. The minimum absolute atomic E-state index is 0.141. The molecule has 0 aromatic heterocycles. The summed E-state index contributed by atoms with van der Waals surface area (Å²) >= 11 is 0. The number of carbonyl (C=O) groups excluding carboxylic acids is 2. The Morgan fingerprint density at radius 2 is 1.56 bits per heavy atom. The van der Waals surface area contributed by atoms with Gasteiger partial charge in [0.25, 0.3) is 0 Å². The summed E-state index contributed by atoms with van der Waals surface area (Å²) < 4.78 is 0. The number of rotatable bonds is 10. The first-order valence-corrected chi connectivity index (χ1v) is 5.67. The highest BCUT2D eigenvalue weighted by molar-refractivity contribution is 5.87. The molecule has 0 aromatic carbocycles. The van der Waals surface area contributed by atoms with Crippen molar-refractivity contribution in [2.24, 2.45) is 0 Å². The summed E-state index contributed by atoms with van der Waals surface area (Å²) in [5.41, 5.74) is 0. The predicted molar refractivity (Wildman–Crippen MR) is 73.9 cm³/mol. The minimum Gasteiger partial charge on any atom is -0.338 e. The highest BCUT2D eigenvalue weighted by Gasteiger charge is 2.05. The molecular weight excluding hydrogens is 228 g/mol. The highest BCUT2D eigenvalue weighted by atomic mass is 16.2. The molecule has 0 spiro atoms. The van der Waals surface area contributed by atoms with Crippen molar-refractivity contribution in [3.8, 4) is 0 Å². The van der Waals surface area contributed by atoms with Crippen LogP contribution in [0, 0.1) is 0 Å². The molecule has 0 aliphatic heterocycles. The van der Waals surface area contributed by atoms with E-state index in [9.17, 15) is 9.59 Å². The van der Waals surface area contributed by atoms with Gasteiger partial charge in [-0.2, -0.15) is 0 Å². The maximum absolute atomic E-state index is 11.4. The topological polar surface area (TPSA) is 40.6 Å². The summed E-state index contributed by atoms with van der Waals surface area (Å²) in [5.74, 6) is -0.141. The van der Waals surface area contributed by atoms with Crippen LogP contribution in [0.5, 0.6) is 0 Å². The molecule has 4 heteroatoms. The Hall–Kier alpha value is -2.10. The maximum atomic E-state index is 11.4. The summed E-state index contributed by atoms with van der Waals surface area (Å²) in [5, 5.41) is 0. The largest absolute Gasteiger partial charge is 0.338 e. The van der Waals surface area contributed by atoms with Crippen LogP contribution >= 0.6 is 0 Å². The highest BCUT2D eigenvalue weighted by Crippen LogP contribution is 1.93. The zero-order chi connectivity index (χ0) is 13.8.